The summed E-state index contributed by atoms with van der Waals surface area (Å²) in [5.41, 5.74) is 1.11. The summed E-state index contributed by atoms with van der Waals surface area (Å²) < 4.78 is 0. The van der Waals surface area contributed by atoms with E-state index in [0.717, 1.165) is 11.0 Å². The zero-order valence-electron chi connectivity index (χ0n) is 11.5. The highest BCUT2D eigenvalue weighted by Crippen LogP contribution is 2.29. The summed E-state index contributed by atoms with van der Waals surface area (Å²) in [4.78, 5) is 25.8. The van der Waals surface area contributed by atoms with E-state index < -0.39 is 0 Å². The molecule has 1 aliphatic carbocycles. The smallest absolute Gasteiger partial charge is 0.261 e. The van der Waals surface area contributed by atoms with Gasteiger partial charge in [0.05, 0.1) is 11.1 Å². The van der Waals surface area contributed by atoms with Crippen LogP contribution in [0.4, 0.5) is 0 Å². The molecule has 1 aromatic rings. The standard InChI is InChI=1S/C16H19NO2S/c18-15-13-8-4-5-9-14(13)16(19)17(15)10-11-20-12-6-2-1-3-7-12/h4-5,8-9,12H,1-3,6-7,10-11H2. The molecule has 0 aromatic heterocycles. The molecule has 2 amide bonds. The van der Waals surface area contributed by atoms with Crippen LogP contribution < -0.4 is 0 Å². The van der Waals surface area contributed by atoms with E-state index >= 15 is 0 Å². The van der Waals surface area contributed by atoms with Gasteiger partial charge in [-0.2, -0.15) is 11.8 Å². The lowest BCUT2D eigenvalue weighted by Gasteiger charge is -2.22. The van der Waals surface area contributed by atoms with E-state index in [2.05, 4.69) is 0 Å². The van der Waals surface area contributed by atoms with Crippen LogP contribution in [0.2, 0.25) is 0 Å². The van der Waals surface area contributed by atoms with Crippen molar-refractivity contribution in [3.63, 3.8) is 0 Å². The third-order valence-corrected chi connectivity index (χ3v) is 5.46. The minimum absolute atomic E-state index is 0.130. The first-order chi connectivity index (χ1) is 9.77. The van der Waals surface area contributed by atoms with Gasteiger partial charge in [-0.25, -0.2) is 0 Å². The van der Waals surface area contributed by atoms with Gasteiger partial charge < -0.3 is 0 Å². The van der Waals surface area contributed by atoms with E-state index in [1.165, 1.54) is 37.0 Å². The van der Waals surface area contributed by atoms with Crippen molar-refractivity contribution in [2.24, 2.45) is 0 Å². The molecular formula is C16H19NO2S. The quantitative estimate of drug-likeness (QED) is 0.798. The fraction of sp³-hybridized carbons (Fsp3) is 0.500. The summed E-state index contributed by atoms with van der Waals surface area (Å²) in [6.45, 7) is 0.535. The molecule has 1 aromatic carbocycles. The summed E-state index contributed by atoms with van der Waals surface area (Å²) in [7, 11) is 0. The predicted molar refractivity (Wildman–Crippen MR) is 81.1 cm³/mol. The third-order valence-electron chi connectivity index (χ3n) is 4.10. The Balaban J connectivity index is 1.56. The molecule has 0 N–H and O–H groups in total. The minimum atomic E-state index is -0.130. The zero-order valence-corrected chi connectivity index (χ0v) is 12.3. The maximum Gasteiger partial charge on any atom is 0.261 e. The summed E-state index contributed by atoms with van der Waals surface area (Å²) in [6.07, 6.45) is 6.57. The van der Waals surface area contributed by atoms with Crippen LogP contribution in [-0.4, -0.2) is 34.3 Å². The van der Waals surface area contributed by atoms with Gasteiger partial charge in [0, 0.05) is 17.5 Å². The molecule has 106 valence electrons. The highest BCUT2D eigenvalue weighted by atomic mass is 32.2. The number of fused-ring (bicyclic) bond motifs is 1. The Morgan fingerprint density at radius 3 is 2.20 bits per heavy atom. The Hall–Kier alpha value is -1.29. The Morgan fingerprint density at radius 2 is 1.60 bits per heavy atom. The van der Waals surface area contributed by atoms with Gasteiger partial charge in [-0.3, -0.25) is 14.5 Å². The molecule has 0 radical (unpaired) electrons. The highest BCUT2D eigenvalue weighted by molar-refractivity contribution is 7.99. The fourth-order valence-corrected chi connectivity index (χ4v) is 4.27. The number of carbonyl (C=O) groups is 2. The molecule has 1 saturated carbocycles. The molecule has 3 rings (SSSR count). The largest absolute Gasteiger partial charge is 0.274 e. The zero-order chi connectivity index (χ0) is 13.9. The molecule has 20 heavy (non-hydrogen) atoms. The van der Waals surface area contributed by atoms with Crippen LogP contribution in [-0.2, 0) is 0 Å². The predicted octanol–water partition coefficient (Wildman–Crippen LogP) is 3.35. The first kappa shape index (κ1) is 13.7. The van der Waals surface area contributed by atoms with E-state index in [1.807, 2.05) is 23.9 Å². The average Bonchev–Trinajstić information content (AvgIpc) is 2.74. The molecule has 2 aliphatic rings. The van der Waals surface area contributed by atoms with Gasteiger partial charge in [0.2, 0.25) is 0 Å². The fourth-order valence-electron chi connectivity index (χ4n) is 2.98. The first-order valence-electron chi connectivity index (χ1n) is 7.34. The number of rotatable bonds is 4. The number of nitrogens with zero attached hydrogens (tertiary/aromatic N) is 1. The summed E-state index contributed by atoms with van der Waals surface area (Å²) >= 11 is 1.92. The number of carbonyl (C=O) groups excluding carboxylic acids is 2. The number of hydrogen-bond donors (Lipinski definition) is 0. The molecule has 3 nitrogen and oxygen atoms in total. The van der Waals surface area contributed by atoms with Crippen molar-refractivity contribution in [2.45, 2.75) is 37.4 Å². The van der Waals surface area contributed by atoms with Crippen molar-refractivity contribution in [2.75, 3.05) is 12.3 Å². The van der Waals surface area contributed by atoms with Gasteiger partial charge in [-0.1, -0.05) is 31.4 Å². The summed E-state index contributed by atoms with van der Waals surface area (Å²) in [5, 5.41) is 0.721. The topological polar surface area (TPSA) is 37.4 Å². The van der Waals surface area contributed by atoms with Crippen molar-refractivity contribution in [3.05, 3.63) is 35.4 Å². The van der Waals surface area contributed by atoms with E-state index in [4.69, 9.17) is 0 Å². The molecule has 0 unspecified atom stereocenters. The average molecular weight is 289 g/mol. The van der Waals surface area contributed by atoms with E-state index in [9.17, 15) is 9.59 Å². The van der Waals surface area contributed by atoms with Crippen LogP contribution in [0.15, 0.2) is 24.3 Å². The van der Waals surface area contributed by atoms with Crippen molar-refractivity contribution in [3.8, 4) is 0 Å². The minimum Gasteiger partial charge on any atom is -0.274 e. The van der Waals surface area contributed by atoms with Crippen molar-refractivity contribution in [1.29, 1.82) is 0 Å². The molecule has 1 heterocycles. The Bertz CT molecular complexity index is 488. The first-order valence-corrected chi connectivity index (χ1v) is 8.39. The highest BCUT2D eigenvalue weighted by Gasteiger charge is 2.34. The van der Waals surface area contributed by atoms with Crippen molar-refractivity contribution in [1.82, 2.24) is 4.90 Å². The Kier molecular flexibility index (Phi) is 4.10. The van der Waals surface area contributed by atoms with Gasteiger partial charge >= 0.3 is 0 Å². The van der Waals surface area contributed by atoms with Gasteiger partial charge in [-0.15, -0.1) is 0 Å². The molecule has 4 heteroatoms. The van der Waals surface area contributed by atoms with Crippen LogP contribution >= 0.6 is 11.8 Å². The van der Waals surface area contributed by atoms with E-state index in [1.54, 1.807) is 12.1 Å². The second-order valence-corrected chi connectivity index (χ2v) is 6.85. The summed E-state index contributed by atoms with van der Waals surface area (Å²) in [6, 6.07) is 7.10. The van der Waals surface area contributed by atoms with Crippen LogP contribution in [0, 0.1) is 0 Å². The summed E-state index contributed by atoms with van der Waals surface area (Å²) in [5.74, 6) is 0.598. The molecular weight excluding hydrogens is 270 g/mol. The molecule has 0 saturated heterocycles. The SMILES string of the molecule is O=C1c2ccccc2C(=O)N1CCSC1CCCCC1. The maximum atomic E-state index is 12.2. The molecule has 1 fully saturated rings. The molecule has 0 spiro atoms. The van der Waals surface area contributed by atoms with Crippen molar-refractivity contribution < 1.29 is 9.59 Å². The number of amides is 2. The Morgan fingerprint density at radius 1 is 1.00 bits per heavy atom. The second kappa shape index (κ2) is 6.00. The van der Waals surface area contributed by atoms with Crippen LogP contribution in [0.3, 0.4) is 0 Å². The van der Waals surface area contributed by atoms with Gasteiger partial charge in [-0.05, 0) is 25.0 Å². The molecule has 1 aliphatic heterocycles. The third kappa shape index (κ3) is 2.62. The second-order valence-electron chi connectivity index (χ2n) is 5.44. The lowest BCUT2D eigenvalue weighted by atomic mass is 10.0. The number of imide groups is 1. The molecule has 0 atom stereocenters. The lowest BCUT2D eigenvalue weighted by Crippen LogP contribution is -2.32. The van der Waals surface area contributed by atoms with Crippen LogP contribution in [0.25, 0.3) is 0 Å². The number of benzene rings is 1. The maximum absolute atomic E-state index is 12.2. The normalized spacial score (nSPS) is 19.5. The van der Waals surface area contributed by atoms with Crippen molar-refractivity contribution >= 4 is 23.6 Å². The van der Waals surface area contributed by atoms with E-state index in [0.29, 0.717) is 17.7 Å². The number of thioether (sulfide) groups is 1. The van der Waals surface area contributed by atoms with Crippen LogP contribution in [0.5, 0.6) is 0 Å². The number of hydrogen-bond acceptors (Lipinski definition) is 3. The van der Waals surface area contributed by atoms with Gasteiger partial charge in [0.1, 0.15) is 0 Å². The monoisotopic (exact) mass is 289 g/mol. The lowest BCUT2D eigenvalue weighted by molar-refractivity contribution is 0.0664. The van der Waals surface area contributed by atoms with Crippen LogP contribution in [0.1, 0.15) is 52.8 Å². The van der Waals surface area contributed by atoms with Gasteiger partial charge in [0.25, 0.3) is 11.8 Å². The molecule has 0 bridgehead atoms. The Labute approximate surface area is 123 Å². The van der Waals surface area contributed by atoms with E-state index in [-0.39, 0.29) is 11.8 Å². The van der Waals surface area contributed by atoms with Gasteiger partial charge in [0.15, 0.2) is 0 Å².